The van der Waals surface area contributed by atoms with E-state index in [2.05, 4.69) is 5.10 Å². The van der Waals surface area contributed by atoms with E-state index in [4.69, 9.17) is 4.74 Å². The van der Waals surface area contributed by atoms with Crippen molar-refractivity contribution >= 4 is 17.0 Å². The van der Waals surface area contributed by atoms with Crippen molar-refractivity contribution in [2.45, 2.75) is 26.4 Å². The first-order valence-corrected chi connectivity index (χ1v) is 5.45. The van der Waals surface area contributed by atoms with Crippen molar-refractivity contribution < 1.29 is 14.6 Å². The Labute approximate surface area is 103 Å². The van der Waals surface area contributed by atoms with Gasteiger partial charge in [-0.25, -0.2) is 4.79 Å². The molecule has 1 aromatic carbocycles. The highest BCUT2D eigenvalue weighted by atomic mass is 16.6. The van der Waals surface area contributed by atoms with E-state index in [1.807, 2.05) is 0 Å². The number of aromatic amines is 1. The summed E-state index contributed by atoms with van der Waals surface area (Å²) < 4.78 is 6.06. The molecule has 6 heteroatoms. The van der Waals surface area contributed by atoms with E-state index in [0.717, 1.165) is 4.68 Å². The fourth-order valence-corrected chi connectivity index (χ4v) is 1.61. The summed E-state index contributed by atoms with van der Waals surface area (Å²) in [6, 6.07) is 4.46. The largest absolute Gasteiger partial charge is 0.506 e. The lowest BCUT2D eigenvalue weighted by atomic mass is 10.2. The Balaban J connectivity index is 2.59. The number of rotatable bonds is 0. The average molecular weight is 250 g/mol. The van der Waals surface area contributed by atoms with Crippen molar-refractivity contribution in [3.8, 4) is 5.75 Å². The van der Waals surface area contributed by atoms with E-state index in [0.29, 0.717) is 0 Å². The lowest BCUT2D eigenvalue weighted by Gasteiger charge is -2.19. The molecule has 0 aliphatic carbocycles. The molecule has 2 aromatic rings. The molecule has 0 saturated carbocycles. The Morgan fingerprint density at radius 1 is 1.39 bits per heavy atom. The predicted octanol–water partition coefficient (Wildman–Crippen LogP) is 1.82. The van der Waals surface area contributed by atoms with Gasteiger partial charge in [0.2, 0.25) is 0 Å². The number of aromatic nitrogens is 2. The van der Waals surface area contributed by atoms with Crippen LogP contribution in [-0.4, -0.2) is 26.6 Å². The third kappa shape index (κ3) is 2.09. The second-order valence-corrected chi connectivity index (χ2v) is 4.93. The predicted molar refractivity (Wildman–Crippen MR) is 65.9 cm³/mol. The van der Waals surface area contributed by atoms with Gasteiger partial charge >= 0.3 is 6.09 Å². The minimum atomic E-state index is -0.740. The zero-order chi connectivity index (χ0) is 13.5. The maximum atomic E-state index is 11.9. The van der Waals surface area contributed by atoms with Crippen LogP contribution in [0.1, 0.15) is 20.8 Å². The quantitative estimate of drug-likeness (QED) is 0.746. The molecule has 0 atom stereocenters. The van der Waals surface area contributed by atoms with E-state index in [9.17, 15) is 14.7 Å². The molecule has 2 N–H and O–H groups in total. The molecule has 0 spiro atoms. The maximum Gasteiger partial charge on any atom is 0.434 e. The average Bonchev–Trinajstić information content (AvgIpc) is 2.56. The lowest BCUT2D eigenvalue weighted by Crippen LogP contribution is -2.28. The van der Waals surface area contributed by atoms with Crippen molar-refractivity contribution in [1.82, 2.24) is 9.78 Å². The Bertz CT molecular complexity index is 661. The minimum absolute atomic E-state index is 0.122. The summed E-state index contributed by atoms with van der Waals surface area (Å²) in [6.07, 6.45) is -0.740. The van der Waals surface area contributed by atoms with Gasteiger partial charge in [-0.2, -0.15) is 4.68 Å². The molecule has 0 unspecified atom stereocenters. The molecule has 6 nitrogen and oxygen atoms in total. The van der Waals surface area contributed by atoms with Crippen molar-refractivity contribution in [3.05, 3.63) is 28.6 Å². The van der Waals surface area contributed by atoms with Gasteiger partial charge in [-0.3, -0.25) is 9.89 Å². The van der Waals surface area contributed by atoms with E-state index in [1.54, 1.807) is 20.8 Å². The molecule has 0 radical (unpaired) electrons. The standard InChI is InChI=1S/C12H14N2O4/c1-12(2,3)18-11(17)14-9-7(10(16)13-14)5-4-6-8(9)15/h4-6,15H,1-3H3,(H,13,16). The molecule has 0 aliphatic heterocycles. The highest BCUT2D eigenvalue weighted by Gasteiger charge is 2.21. The third-order valence-electron chi connectivity index (χ3n) is 2.27. The fraction of sp³-hybridized carbons (Fsp3) is 0.333. The van der Waals surface area contributed by atoms with Crippen molar-refractivity contribution in [2.75, 3.05) is 0 Å². The van der Waals surface area contributed by atoms with E-state index < -0.39 is 17.3 Å². The van der Waals surface area contributed by atoms with Crippen LogP contribution in [0.4, 0.5) is 4.79 Å². The Kier molecular flexibility index (Phi) is 2.65. The molecule has 0 aliphatic rings. The van der Waals surface area contributed by atoms with E-state index >= 15 is 0 Å². The monoisotopic (exact) mass is 250 g/mol. The number of nitrogens with zero attached hydrogens (tertiary/aromatic N) is 1. The summed E-state index contributed by atoms with van der Waals surface area (Å²) in [5, 5.41) is 12.3. The van der Waals surface area contributed by atoms with Crippen molar-refractivity contribution in [1.29, 1.82) is 0 Å². The van der Waals surface area contributed by atoms with Gasteiger partial charge in [0.15, 0.2) is 0 Å². The number of hydrogen-bond acceptors (Lipinski definition) is 4. The highest BCUT2D eigenvalue weighted by Crippen LogP contribution is 2.22. The number of carbonyl (C=O) groups excluding carboxylic acids is 1. The molecule has 96 valence electrons. The summed E-state index contributed by atoms with van der Waals surface area (Å²) in [7, 11) is 0. The van der Waals surface area contributed by atoms with E-state index in [1.165, 1.54) is 18.2 Å². The zero-order valence-corrected chi connectivity index (χ0v) is 10.4. The first-order valence-electron chi connectivity index (χ1n) is 5.45. The van der Waals surface area contributed by atoms with Crippen LogP contribution in [0.25, 0.3) is 10.9 Å². The number of benzene rings is 1. The number of aromatic hydroxyl groups is 1. The number of para-hydroxylation sites is 1. The number of nitrogens with one attached hydrogen (secondary N) is 1. The van der Waals surface area contributed by atoms with Crippen LogP contribution in [0.2, 0.25) is 0 Å². The Morgan fingerprint density at radius 3 is 2.67 bits per heavy atom. The van der Waals surface area contributed by atoms with Gasteiger partial charge in [0, 0.05) is 0 Å². The van der Waals surface area contributed by atoms with E-state index in [-0.39, 0.29) is 16.7 Å². The second kappa shape index (κ2) is 3.90. The molecule has 18 heavy (non-hydrogen) atoms. The summed E-state index contributed by atoms with van der Waals surface area (Å²) in [5.41, 5.74) is -1.02. The summed E-state index contributed by atoms with van der Waals surface area (Å²) in [6.45, 7) is 5.15. The first-order chi connectivity index (χ1) is 8.29. The number of carbonyl (C=O) groups is 1. The minimum Gasteiger partial charge on any atom is -0.506 e. The summed E-state index contributed by atoms with van der Waals surface area (Å²) in [5.74, 6) is -0.156. The van der Waals surface area contributed by atoms with Crippen molar-refractivity contribution in [2.24, 2.45) is 0 Å². The van der Waals surface area contributed by atoms with Crippen LogP contribution < -0.4 is 5.56 Å². The Morgan fingerprint density at radius 2 is 2.06 bits per heavy atom. The molecular weight excluding hydrogens is 236 g/mol. The van der Waals surface area contributed by atoms with Gasteiger partial charge in [0.1, 0.15) is 16.9 Å². The smallest absolute Gasteiger partial charge is 0.434 e. The fourth-order valence-electron chi connectivity index (χ4n) is 1.61. The highest BCUT2D eigenvalue weighted by molar-refractivity contribution is 5.91. The lowest BCUT2D eigenvalue weighted by molar-refractivity contribution is 0.0521. The molecule has 2 rings (SSSR count). The number of hydrogen-bond donors (Lipinski definition) is 2. The second-order valence-electron chi connectivity index (χ2n) is 4.93. The van der Waals surface area contributed by atoms with Crippen LogP contribution in [0, 0.1) is 0 Å². The SMILES string of the molecule is CC(C)(C)OC(=O)n1[nH]c(=O)c2cccc(O)c21. The molecule has 1 heterocycles. The number of H-pyrrole nitrogens is 1. The topological polar surface area (TPSA) is 84.3 Å². The van der Waals surface area contributed by atoms with Crippen LogP contribution >= 0.6 is 0 Å². The molecule has 0 amide bonds. The van der Waals surface area contributed by atoms with Crippen LogP contribution in [-0.2, 0) is 4.74 Å². The number of phenolic OH excluding ortho intramolecular Hbond substituents is 1. The molecule has 0 saturated heterocycles. The van der Waals surface area contributed by atoms with Gasteiger partial charge in [0.05, 0.1) is 5.39 Å². The van der Waals surface area contributed by atoms with Crippen LogP contribution in [0.3, 0.4) is 0 Å². The molecule has 0 fully saturated rings. The maximum absolute atomic E-state index is 11.9. The zero-order valence-electron chi connectivity index (χ0n) is 10.4. The third-order valence-corrected chi connectivity index (χ3v) is 2.27. The Hall–Kier alpha value is -2.24. The first kappa shape index (κ1) is 12.2. The summed E-state index contributed by atoms with van der Waals surface area (Å²) >= 11 is 0. The van der Waals surface area contributed by atoms with Crippen LogP contribution in [0.15, 0.2) is 23.0 Å². The molecule has 0 bridgehead atoms. The number of fused-ring (bicyclic) bond motifs is 1. The van der Waals surface area contributed by atoms with Gasteiger partial charge in [-0.1, -0.05) is 6.07 Å². The van der Waals surface area contributed by atoms with Gasteiger partial charge < -0.3 is 9.84 Å². The van der Waals surface area contributed by atoms with Gasteiger partial charge in [-0.05, 0) is 32.9 Å². The number of ether oxygens (including phenoxy) is 1. The number of phenols is 1. The molecule has 1 aromatic heterocycles. The van der Waals surface area contributed by atoms with Crippen molar-refractivity contribution in [3.63, 3.8) is 0 Å². The normalized spacial score (nSPS) is 11.7. The van der Waals surface area contributed by atoms with Crippen LogP contribution in [0.5, 0.6) is 5.75 Å². The summed E-state index contributed by atoms with van der Waals surface area (Å²) in [4.78, 5) is 23.5. The molecular formula is C12H14N2O4. The van der Waals surface area contributed by atoms with Gasteiger partial charge in [-0.15, -0.1) is 0 Å². The van der Waals surface area contributed by atoms with Gasteiger partial charge in [0.25, 0.3) is 5.56 Å².